The van der Waals surface area contributed by atoms with E-state index in [9.17, 15) is 9.59 Å². The van der Waals surface area contributed by atoms with Crippen LogP contribution < -0.4 is 5.69 Å². The van der Waals surface area contributed by atoms with Crippen molar-refractivity contribution in [3.8, 4) is 0 Å². The van der Waals surface area contributed by atoms with Gasteiger partial charge in [0.25, 0.3) is 5.91 Å². The van der Waals surface area contributed by atoms with Crippen LogP contribution in [-0.4, -0.2) is 48.9 Å². The molecule has 2 aromatic rings. The number of likely N-dealkylation sites (tertiary alicyclic amines) is 1. The van der Waals surface area contributed by atoms with Crippen molar-refractivity contribution < 1.29 is 4.79 Å². The zero-order chi connectivity index (χ0) is 17.4. The van der Waals surface area contributed by atoms with Crippen LogP contribution in [0.4, 0.5) is 0 Å². The van der Waals surface area contributed by atoms with E-state index in [0.29, 0.717) is 18.3 Å². The third-order valence-corrected chi connectivity index (χ3v) is 5.12. The second-order valence-electron chi connectivity index (χ2n) is 7.09. The second kappa shape index (κ2) is 6.50. The lowest BCUT2D eigenvalue weighted by molar-refractivity contribution is 0.0703. The number of amides is 1. The average molecular weight is 344 g/mol. The predicted octanol–water partition coefficient (Wildman–Crippen LogP) is 1.60. The van der Waals surface area contributed by atoms with Gasteiger partial charge in [-0.05, 0) is 32.1 Å². The van der Waals surface area contributed by atoms with E-state index in [4.69, 9.17) is 0 Å². The molecule has 8 nitrogen and oxygen atoms in total. The van der Waals surface area contributed by atoms with Gasteiger partial charge in [-0.15, -0.1) is 0 Å². The Bertz CT molecular complexity index is 815. The van der Waals surface area contributed by atoms with Gasteiger partial charge in [-0.2, -0.15) is 10.2 Å². The van der Waals surface area contributed by atoms with Crippen LogP contribution in [0.1, 0.15) is 72.7 Å². The van der Waals surface area contributed by atoms with Gasteiger partial charge >= 0.3 is 5.69 Å². The summed E-state index contributed by atoms with van der Waals surface area (Å²) in [5.74, 6) is 1.27. The fourth-order valence-electron chi connectivity index (χ4n) is 3.77. The third-order valence-electron chi connectivity index (χ3n) is 5.12. The fraction of sp³-hybridized carbons (Fsp3) is 0.647. The van der Waals surface area contributed by atoms with Gasteiger partial charge in [0, 0.05) is 31.5 Å². The molecule has 1 unspecified atom stereocenters. The summed E-state index contributed by atoms with van der Waals surface area (Å²) in [5, 5.41) is 10.9. The van der Waals surface area contributed by atoms with E-state index < -0.39 is 0 Å². The van der Waals surface area contributed by atoms with Crippen molar-refractivity contribution in [3.63, 3.8) is 0 Å². The Labute approximate surface area is 145 Å². The highest BCUT2D eigenvalue weighted by atomic mass is 16.2. The molecular formula is C17H24N6O2. The third kappa shape index (κ3) is 3.12. The van der Waals surface area contributed by atoms with Crippen LogP contribution in [0.15, 0.2) is 11.0 Å². The lowest BCUT2D eigenvalue weighted by Gasteiger charge is -2.31. The first kappa shape index (κ1) is 16.1. The lowest BCUT2D eigenvalue weighted by Crippen LogP contribution is -2.39. The number of carbonyl (C=O) groups excluding carboxylic acids is 1. The van der Waals surface area contributed by atoms with Crippen LogP contribution in [0.5, 0.6) is 0 Å². The Morgan fingerprint density at radius 2 is 2.16 bits per heavy atom. The predicted molar refractivity (Wildman–Crippen MR) is 91.6 cm³/mol. The smallest absolute Gasteiger partial charge is 0.338 e. The number of hydrogen-bond donors (Lipinski definition) is 2. The molecule has 0 bridgehead atoms. The number of piperidine rings is 1. The highest BCUT2D eigenvalue weighted by Crippen LogP contribution is 2.42. The van der Waals surface area contributed by atoms with Crippen LogP contribution in [0.2, 0.25) is 0 Å². The minimum atomic E-state index is -0.296. The number of hydrogen-bond acceptors (Lipinski definition) is 4. The van der Waals surface area contributed by atoms with Crippen molar-refractivity contribution in [1.82, 2.24) is 29.9 Å². The molecule has 1 atom stereocenters. The zero-order valence-electron chi connectivity index (χ0n) is 14.5. The molecule has 2 fully saturated rings. The normalized spacial score (nSPS) is 20.8. The van der Waals surface area contributed by atoms with Crippen molar-refractivity contribution in [2.75, 3.05) is 13.1 Å². The van der Waals surface area contributed by atoms with Gasteiger partial charge in [0.15, 0.2) is 0 Å². The Hall–Kier alpha value is -2.38. The summed E-state index contributed by atoms with van der Waals surface area (Å²) in [6.07, 6.45) is 6.88. The zero-order valence-corrected chi connectivity index (χ0v) is 14.5. The van der Waals surface area contributed by atoms with Gasteiger partial charge in [-0.3, -0.25) is 14.5 Å². The monoisotopic (exact) mass is 344 g/mol. The van der Waals surface area contributed by atoms with E-state index in [1.807, 2.05) is 9.58 Å². The number of rotatable bonds is 5. The molecule has 0 radical (unpaired) electrons. The van der Waals surface area contributed by atoms with E-state index >= 15 is 0 Å². The number of aryl methyl sites for hydroxylation is 1. The number of nitrogens with one attached hydrogen (secondary N) is 2. The molecule has 1 aliphatic heterocycles. The summed E-state index contributed by atoms with van der Waals surface area (Å²) in [6.45, 7) is 4.31. The van der Waals surface area contributed by atoms with Gasteiger partial charge in [0.2, 0.25) is 0 Å². The van der Waals surface area contributed by atoms with E-state index in [-0.39, 0.29) is 17.5 Å². The number of carbonyl (C=O) groups is 1. The molecule has 1 saturated heterocycles. The van der Waals surface area contributed by atoms with Gasteiger partial charge < -0.3 is 4.90 Å². The number of nitrogens with zero attached hydrogens (tertiary/aromatic N) is 4. The van der Waals surface area contributed by atoms with Gasteiger partial charge in [-0.25, -0.2) is 9.89 Å². The fourth-order valence-corrected chi connectivity index (χ4v) is 3.77. The Kier molecular flexibility index (Phi) is 4.19. The molecule has 8 heteroatoms. The molecule has 0 aromatic carbocycles. The van der Waals surface area contributed by atoms with Gasteiger partial charge in [0.1, 0.15) is 5.82 Å². The summed E-state index contributed by atoms with van der Waals surface area (Å²) >= 11 is 0. The van der Waals surface area contributed by atoms with Crippen molar-refractivity contribution >= 4 is 5.91 Å². The minimum absolute atomic E-state index is 0.0619. The first-order chi connectivity index (χ1) is 12.2. The quantitative estimate of drug-likeness (QED) is 0.860. The first-order valence-corrected chi connectivity index (χ1v) is 9.17. The molecule has 4 rings (SSSR count). The summed E-state index contributed by atoms with van der Waals surface area (Å²) in [6, 6.07) is 0. The molecule has 1 aliphatic carbocycles. The topological polar surface area (TPSA) is 99.7 Å². The highest BCUT2D eigenvalue weighted by molar-refractivity contribution is 5.95. The SMILES string of the molecule is CCCn1ncc(C(=O)N2CCCC(c3n[nH]c(=O)[nH]3)C2)c1C1CC1. The van der Waals surface area contributed by atoms with Gasteiger partial charge in [-0.1, -0.05) is 6.92 Å². The Morgan fingerprint density at radius 1 is 1.32 bits per heavy atom. The molecule has 25 heavy (non-hydrogen) atoms. The maximum atomic E-state index is 13.1. The number of aromatic nitrogens is 5. The maximum absolute atomic E-state index is 13.1. The maximum Gasteiger partial charge on any atom is 0.340 e. The molecule has 1 saturated carbocycles. The molecule has 134 valence electrons. The lowest BCUT2D eigenvalue weighted by atomic mass is 9.96. The van der Waals surface area contributed by atoms with Crippen LogP contribution in [0.3, 0.4) is 0 Å². The molecule has 2 N–H and O–H groups in total. The van der Waals surface area contributed by atoms with E-state index in [0.717, 1.165) is 56.5 Å². The Balaban J connectivity index is 1.55. The molecule has 3 heterocycles. The van der Waals surface area contributed by atoms with Crippen molar-refractivity contribution in [3.05, 3.63) is 33.8 Å². The molecule has 2 aromatic heterocycles. The standard InChI is InChI=1S/C17H24N6O2/c1-2-7-23-14(11-5-6-11)13(9-18-23)16(24)22-8-3-4-12(10-22)15-19-17(25)21-20-15/h9,11-12H,2-8,10H2,1H3,(H2,19,20,21,25). The van der Waals surface area contributed by atoms with Crippen molar-refractivity contribution in [1.29, 1.82) is 0 Å². The molecular weight excluding hydrogens is 320 g/mol. The Morgan fingerprint density at radius 3 is 2.84 bits per heavy atom. The van der Waals surface area contributed by atoms with E-state index in [2.05, 4.69) is 27.2 Å². The van der Waals surface area contributed by atoms with Crippen LogP contribution >= 0.6 is 0 Å². The molecule has 2 aliphatic rings. The van der Waals surface area contributed by atoms with E-state index in [1.54, 1.807) is 6.20 Å². The summed E-state index contributed by atoms with van der Waals surface area (Å²) in [4.78, 5) is 29.0. The number of H-pyrrole nitrogens is 2. The average Bonchev–Trinajstić information content (AvgIpc) is 3.23. The van der Waals surface area contributed by atoms with Crippen LogP contribution in [0, 0.1) is 0 Å². The van der Waals surface area contributed by atoms with Crippen molar-refractivity contribution in [2.24, 2.45) is 0 Å². The second-order valence-corrected chi connectivity index (χ2v) is 7.09. The first-order valence-electron chi connectivity index (χ1n) is 9.17. The summed E-state index contributed by atoms with van der Waals surface area (Å²) in [7, 11) is 0. The van der Waals surface area contributed by atoms with Gasteiger partial charge in [0.05, 0.1) is 17.5 Å². The van der Waals surface area contributed by atoms with Crippen molar-refractivity contribution in [2.45, 2.75) is 57.4 Å². The minimum Gasteiger partial charge on any atom is -0.338 e. The summed E-state index contributed by atoms with van der Waals surface area (Å²) in [5.41, 5.74) is 1.57. The molecule has 1 amide bonds. The summed E-state index contributed by atoms with van der Waals surface area (Å²) < 4.78 is 2.01. The largest absolute Gasteiger partial charge is 0.340 e. The molecule has 0 spiro atoms. The van der Waals surface area contributed by atoms with Crippen LogP contribution in [-0.2, 0) is 6.54 Å². The van der Waals surface area contributed by atoms with E-state index in [1.165, 1.54) is 0 Å². The number of aromatic amines is 2. The van der Waals surface area contributed by atoms with Crippen LogP contribution in [0.25, 0.3) is 0 Å². The highest BCUT2D eigenvalue weighted by Gasteiger charge is 2.35.